The molecule has 1 N–H and O–H groups in total. The molecule has 182 valence electrons. The number of nitrogens with zero attached hydrogens (tertiary/aromatic N) is 1. The zero-order valence-electron chi connectivity index (χ0n) is 20.1. The number of aryl methyl sites for hydroxylation is 1. The summed E-state index contributed by atoms with van der Waals surface area (Å²) in [4.78, 5) is 37.6. The number of likely N-dealkylation sites (N-methyl/N-ethyl adjacent to an activating group) is 1. The van der Waals surface area contributed by atoms with Gasteiger partial charge in [0.25, 0.3) is 5.91 Å². The van der Waals surface area contributed by atoms with Gasteiger partial charge in [-0.25, -0.2) is 4.79 Å². The highest BCUT2D eigenvalue weighted by Gasteiger charge is 2.15. The monoisotopic (exact) mass is 468 g/mol. The van der Waals surface area contributed by atoms with E-state index in [1.165, 1.54) is 18.0 Å². The van der Waals surface area contributed by atoms with Crippen LogP contribution in [0.25, 0.3) is 6.08 Å². The molecule has 0 unspecified atom stereocenters. The van der Waals surface area contributed by atoms with Crippen LogP contribution < -0.4 is 14.8 Å². The van der Waals surface area contributed by atoms with Crippen LogP contribution in [0.5, 0.6) is 11.5 Å². The van der Waals surface area contributed by atoms with Crippen LogP contribution in [0, 0.1) is 6.92 Å². The molecule has 2 aromatic carbocycles. The van der Waals surface area contributed by atoms with Crippen LogP contribution in [-0.2, 0) is 19.1 Å². The van der Waals surface area contributed by atoms with Crippen LogP contribution in [0.4, 0.5) is 5.69 Å². The van der Waals surface area contributed by atoms with Crippen molar-refractivity contribution in [3.63, 3.8) is 0 Å². The van der Waals surface area contributed by atoms with Crippen molar-refractivity contribution in [3.8, 4) is 11.5 Å². The van der Waals surface area contributed by atoms with E-state index >= 15 is 0 Å². The van der Waals surface area contributed by atoms with Gasteiger partial charge in [-0.3, -0.25) is 9.59 Å². The summed E-state index contributed by atoms with van der Waals surface area (Å²) < 4.78 is 16.3. The molecule has 0 aliphatic heterocycles. The quantitative estimate of drug-likeness (QED) is 0.376. The van der Waals surface area contributed by atoms with E-state index in [-0.39, 0.29) is 12.5 Å². The van der Waals surface area contributed by atoms with Gasteiger partial charge >= 0.3 is 5.97 Å². The molecular formula is C26H32N2O6. The second kappa shape index (κ2) is 13.7. The maximum absolute atomic E-state index is 12.2. The van der Waals surface area contributed by atoms with E-state index in [1.807, 2.05) is 32.9 Å². The number of hydrogen-bond donors (Lipinski definition) is 1. The number of ether oxygens (including phenoxy) is 3. The number of carbonyl (C=O) groups is 3. The van der Waals surface area contributed by atoms with E-state index in [2.05, 4.69) is 5.32 Å². The average Bonchev–Trinajstić information content (AvgIpc) is 2.82. The first-order valence-electron chi connectivity index (χ1n) is 11.2. The van der Waals surface area contributed by atoms with Gasteiger partial charge in [0.2, 0.25) is 5.91 Å². The second-order valence-corrected chi connectivity index (χ2v) is 7.59. The lowest BCUT2D eigenvalue weighted by Gasteiger charge is -2.16. The molecule has 0 spiro atoms. The Balaban J connectivity index is 1.82. The van der Waals surface area contributed by atoms with Crippen molar-refractivity contribution in [1.82, 2.24) is 4.90 Å². The molecule has 0 aliphatic rings. The highest BCUT2D eigenvalue weighted by atomic mass is 16.5. The fourth-order valence-corrected chi connectivity index (χ4v) is 2.82. The van der Waals surface area contributed by atoms with Gasteiger partial charge in [0.15, 0.2) is 18.1 Å². The Kier molecular flexibility index (Phi) is 10.6. The Morgan fingerprint density at radius 1 is 1.00 bits per heavy atom. The lowest BCUT2D eigenvalue weighted by molar-refractivity contribution is -0.148. The van der Waals surface area contributed by atoms with E-state index in [0.29, 0.717) is 30.4 Å². The topological polar surface area (TPSA) is 94.2 Å². The Labute approximate surface area is 200 Å². The summed E-state index contributed by atoms with van der Waals surface area (Å²) in [6.07, 6.45) is 3.68. The standard InChI is InChI=1S/C26H32N2O6/c1-5-15-33-22-13-9-20(16-23(22)32-6-2)10-14-26(31)34-18-25(30)28(4)17-24(29)27-21-11-7-19(3)8-12-21/h7-14,16H,5-6,15,17-18H2,1-4H3,(H,27,29)/b14-10+. The summed E-state index contributed by atoms with van der Waals surface area (Å²) >= 11 is 0. The van der Waals surface area contributed by atoms with E-state index in [9.17, 15) is 14.4 Å². The van der Waals surface area contributed by atoms with Gasteiger partial charge in [-0.1, -0.05) is 30.7 Å². The average molecular weight is 469 g/mol. The molecular weight excluding hydrogens is 436 g/mol. The number of amides is 2. The van der Waals surface area contributed by atoms with Crippen molar-refractivity contribution >= 4 is 29.5 Å². The Hall–Kier alpha value is -3.81. The largest absolute Gasteiger partial charge is 0.490 e. The van der Waals surface area contributed by atoms with E-state index in [4.69, 9.17) is 14.2 Å². The first-order chi connectivity index (χ1) is 16.3. The predicted molar refractivity (Wildman–Crippen MR) is 131 cm³/mol. The first-order valence-corrected chi connectivity index (χ1v) is 11.2. The smallest absolute Gasteiger partial charge is 0.331 e. The van der Waals surface area contributed by atoms with Crippen molar-refractivity contribution in [3.05, 3.63) is 59.7 Å². The van der Waals surface area contributed by atoms with Crippen molar-refractivity contribution in [2.24, 2.45) is 0 Å². The molecule has 0 aliphatic carbocycles. The summed E-state index contributed by atoms with van der Waals surface area (Å²) in [6.45, 7) is 6.29. The molecule has 0 saturated carbocycles. The first kappa shape index (κ1) is 26.4. The van der Waals surface area contributed by atoms with Gasteiger partial charge in [0.05, 0.1) is 19.8 Å². The number of rotatable bonds is 12. The minimum atomic E-state index is -0.671. The van der Waals surface area contributed by atoms with Gasteiger partial charge in [-0.2, -0.15) is 0 Å². The molecule has 0 saturated heterocycles. The normalized spacial score (nSPS) is 10.6. The fourth-order valence-electron chi connectivity index (χ4n) is 2.82. The lowest BCUT2D eigenvalue weighted by Crippen LogP contribution is -2.37. The van der Waals surface area contributed by atoms with Crippen LogP contribution in [-0.4, -0.2) is 56.1 Å². The van der Waals surface area contributed by atoms with Crippen LogP contribution in [0.15, 0.2) is 48.5 Å². The number of hydrogen-bond acceptors (Lipinski definition) is 6. The summed E-state index contributed by atoms with van der Waals surface area (Å²) in [7, 11) is 1.47. The van der Waals surface area contributed by atoms with E-state index in [1.54, 1.807) is 36.4 Å². The number of carbonyl (C=O) groups excluding carboxylic acids is 3. The van der Waals surface area contributed by atoms with Gasteiger partial charge in [0, 0.05) is 18.8 Å². The molecule has 8 heteroatoms. The molecule has 0 atom stereocenters. The van der Waals surface area contributed by atoms with Crippen LogP contribution in [0.2, 0.25) is 0 Å². The molecule has 2 aromatic rings. The predicted octanol–water partition coefficient (Wildman–Crippen LogP) is 3.84. The minimum Gasteiger partial charge on any atom is -0.490 e. The molecule has 34 heavy (non-hydrogen) atoms. The zero-order valence-corrected chi connectivity index (χ0v) is 20.1. The third-order valence-corrected chi connectivity index (χ3v) is 4.62. The van der Waals surface area contributed by atoms with Crippen molar-refractivity contribution in [2.75, 3.05) is 38.7 Å². The second-order valence-electron chi connectivity index (χ2n) is 7.59. The van der Waals surface area contributed by atoms with Crippen molar-refractivity contribution < 1.29 is 28.6 Å². The summed E-state index contributed by atoms with van der Waals surface area (Å²) in [5.74, 6) is -0.273. The lowest BCUT2D eigenvalue weighted by atomic mass is 10.2. The zero-order chi connectivity index (χ0) is 24.9. The molecule has 2 amide bonds. The number of benzene rings is 2. The molecule has 0 aromatic heterocycles. The Morgan fingerprint density at radius 2 is 1.74 bits per heavy atom. The molecule has 0 fully saturated rings. The van der Waals surface area contributed by atoms with Gasteiger partial charge in [-0.05, 0) is 56.2 Å². The third kappa shape index (κ3) is 8.97. The van der Waals surface area contributed by atoms with Crippen LogP contribution >= 0.6 is 0 Å². The van der Waals surface area contributed by atoms with E-state index in [0.717, 1.165) is 17.5 Å². The van der Waals surface area contributed by atoms with Crippen LogP contribution in [0.1, 0.15) is 31.4 Å². The highest BCUT2D eigenvalue weighted by Crippen LogP contribution is 2.29. The van der Waals surface area contributed by atoms with Gasteiger partial charge < -0.3 is 24.4 Å². The third-order valence-electron chi connectivity index (χ3n) is 4.62. The number of anilines is 1. The van der Waals surface area contributed by atoms with Crippen molar-refractivity contribution in [2.45, 2.75) is 27.2 Å². The summed E-state index contributed by atoms with van der Waals surface area (Å²) in [5, 5.41) is 2.72. The maximum Gasteiger partial charge on any atom is 0.331 e. The molecule has 0 heterocycles. The molecule has 2 rings (SSSR count). The van der Waals surface area contributed by atoms with Gasteiger partial charge in [0.1, 0.15) is 0 Å². The number of nitrogens with one attached hydrogen (secondary N) is 1. The SMILES string of the molecule is CCCOc1ccc(/C=C/C(=O)OCC(=O)N(C)CC(=O)Nc2ccc(C)cc2)cc1OCC. The summed E-state index contributed by atoms with van der Waals surface area (Å²) in [5.41, 5.74) is 2.44. The molecule has 0 bridgehead atoms. The Morgan fingerprint density at radius 3 is 2.41 bits per heavy atom. The summed E-state index contributed by atoms with van der Waals surface area (Å²) in [6, 6.07) is 12.7. The molecule has 8 nitrogen and oxygen atoms in total. The molecule has 0 radical (unpaired) electrons. The maximum atomic E-state index is 12.2. The van der Waals surface area contributed by atoms with E-state index < -0.39 is 18.5 Å². The fraction of sp³-hybridized carbons (Fsp3) is 0.346. The van der Waals surface area contributed by atoms with Crippen LogP contribution in [0.3, 0.4) is 0 Å². The number of esters is 1. The minimum absolute atomic E-state index is 0.160. The Bertz CT molecular complexity index is 1000. The highest BCUT2D eigenvalue weighted by molar-refractivity contribution is 5.95. The van der Waals surface area contributed by atoms with Crippen molar-refractivity contribution in [1.29, 1.82) is 0 Å². The van der Waals surface area contributed by atoms with Gasteiger partial charge in [-0.15, -0.1) is 0 Å².